The molecule has 148 valence electrons. The number of benzene rings is 3. The number of aliphatic hydroxyl groups is 1. The third kappa shape index (κ3) is 3.44. The SMILES string of the molecule is Cc1cc(-c2ccc(C3OC3O)c(O)c2)c(C)cc1-c1ccc(C(=O)O)c(O)c1. The predicted molar refractivity (Wildman–Crippen MR) is 107 cm³/mol. The zero-order valence-electron chi connectivity index (χ0n) is 15.9. The van der Waals surface area contributed by atoms with Gasteiger partial charge < -0.3 is 25.2 Å². The largest absolute Gasteiger partial charge is 0.508 e. The Balaban J connectivity index is 1.72. The summed E-state index contributed by atoms with van der Waals surface area (Å²) in [5.74, 6) is -1.38. The average Bonchev–Trinajstić information content (AvgIpc) is 3.39. The normalized spacial score (nSPS) is 17.9. The molecule has 0 bridgehead atoms. The van der Waals surface area contributed by atoms with Crippen molar-refractivity contribution in [2.45, 2.75) is 26.2 Å². The van der Waals surface area contributed by atoms with E-state index in [4.69, 9.17) is 9.84 Å². The van der Waals surface area contributed by atoms with E-state index < -0.39 is 18.4 Å². The smallest absolute Gasteiger partial charge is 0.339 e. The number of carbonyl (C=O) groups is 1. The summed E-state index contributed by atoms with van der Waals surface area (Å²) in [5.41, 5.74) is 5.70. The van der Waals surface area contributed by atoms with Crippen LogP contribution >= 0.6 is 0 Å². The molecule has 29 heavy (non-hydrogen) atoms. The van der Waals surface area contributed by atoms with Crippen molar-refractivity contribution in [3.63, 3.8) is 0 Å². The van der Waals surface area contributed by atoms with Gasteiger partial charge in [0.1, 0.15) is 23.2 Å². The zero-order chi connectivity index (χ0) is 20.9. The van der Waals surface area contributed by atoms with E-state index in [2.05, 4.69) is 0 Å². The van der Waals surface area contributed by atoms with E-state index in [1.807, 2.05) is 32.0 Å². The summed E-state index contributed by atoms with van der Waals surface area (Å²) in [6, 6.07) is 13.7. The lowest BCUT2D eigenvalue weighted by molar-refractivity contribution is 0.0693. The number of phenolic OH excluding ortho intramolecular Hbond substituents is 1. The van der Waals surface area contributed by atoms with Gasteiger partial charge in [-0.05, 0) is 65.4 Å². The molecule has 0 spiro atoms. The van der Waals surface area contributed by atoms with Crippen LogP contribution in [0.1, 0.15) is 33.2 Å². The molecule has 1 fully saturated rings. The van der Waals surface area contributed by atoms with E-state index in [1.165, 1.54) is 12.1 Å². The standard InChI is InChI=1S/C23H20O6/c1-11-8-18(14-4-6-16(22(26)27)20(25)10-14)12(2)7-17(11)13-3-5-15(19(24)9-13)21-23(28)29-21/h3-10,21,23-25,28H,1-2H3,(H,26,27). The monoisotopic (exact) mass is 392 g/mol. The number of carboxylic acids is 1. The fourth-order valence-electron chi connectivity index (χ4n) is 3.60. The van der Waals surface area contributed by atoms with Gasteiger partial charge in [-0.25, -0.2) is 4.79 Å². The van der Waals surface area contributed by atoms with Crippen LogP contribution in [0.5, 0.6) is 11.5 Å². The van der Waals surface area contributed by atoms with Gasteiger partial charge in [-0.2, -0.15) is 0 Å². The van der Waals surface area contributed by atoms with Crippen molar-refractivity contribution in [2.24, 2.45) is 0 Å². The first kappa shape index (κ1) is 19.0. The summed E-state index contributed by atoms with van der Waals surface area (Å²) in [5, 5.41) is 38.8. The van der Waals surface area contributed by atoms with Crippen LogP contribution < -0.4 is 0 Å². The lowest BCUT2D eigenvalue weighted by atomic mass is 9.91. The van der Waals surface area contributed by atoms with Gasteiger partial charge in [-0.1, -0.05) is 30.3 Å². The van der Waals surface area contributed by atoms with Crippen LogP contribution in [-0.4, -0.2) is 32.7 Å². The number of ether oxygens (including phenoxy) is 1. The number of carboxylic acid groups (broad SMARTS) is 1. The van der Waals surface area contributed by atoms with E-state index in [-0.39, 0.29) is 17.1 Å². The van der Waals surface area contributed by atoms with Gasteiger partial charge in [0.2, 0.25) is 0 Å². The van der Waals surface area contributed by atoms with Gasteiger partial charge in [0.15, 0.2) is 6.29 Å². The van der Waals surface area contributed by atoms with Gasteiger partial charge in [0.05, 0.1) is 0 Å². The third-order valence-corrected chi connectivity index (χ3v) is 5.23. The molecule has 0 aromatic heterocycles. The van der Waals surface area contributed by atoms with Crippen LogP contribution in [0, 0.1) is 13.8 Å². The summed E-state index contributed by atoms with van der Waals surface area (Å²) in [7, 11) is 0. The van der Waals surface area contributed by atoms with Crippen LogP contribution in [0.3, 0.4) is 0 Å². The Morgan fingerprint density at radius 2 is 1.38 bits per heavy atom. The Morgan fingerprint density at radius 1 is 0.862 bits per heavy atom. The molecule has 3 aromatic rings. The summed E-state index contributed by atoms with van der Waals surface area (Å²) < 4.78 is 5.01. The van der Waals surface area contributed by atoms with Crippen molar-refractivity contribution >= 4 is 5.97 Å². The lowest BCUT2D eigenvalue weighted by Crippen LogP contribution is -1.97. The molecule has 1 heterocycles. The second-order valence-electron chi connectivity index (χ2n) is 7.24. The second-order valence-corrected chi connectivity index (χ2v) is 7.24. The van der Waals surface area contributed by atoms with Gasteiger partial charge in [-0.3, -0.25) is 0 Å². The summed E-state index contributed by atoms with van der Waals surface area (Å²) in [6.45, 7) is 3.88. The van der Waals surface area contributed by atoms with E-state index >= 15 is 0 Å². The van der Waals surface area contributed by atoms with E-state index in [0.717, 1.165) is 33.4 Å². The molecule has 0 amide bonds. The third-order valence-electron chi connectivity index (χ3n) is 5.23. The molecular weight excluding hydrogens is 372 g/mol. The molecule has 1 aliphatic rings. The van der Waals surface area contributed by atoms with Crippen LogP contribution in [0.25, 0.3) is 22.3 Å². The fourth-order valence-corrected chi connectivity index (χ4v) is 3.60. The Bertz CT molecular complexity index is 1130. The van der Waals surface area contributed by atoms with Crippen molar-refractivity contribution in [1.29, 1.82) is 0 Å². The van der Waals surface area contributed by atoms with E-state index in [1.54, 1.807) is 18.2 Å². The van der Waals surface area contributed by atoms with Crippen molar-refractivity contribution < 1.29 is 30.0 Å². The highest BCUT2D eigenvalue weighted by molar-refractivity contribution is 5.92. The summed E-state index contributed by atoms with van der Waals surface area (Å²) in [4.78, 5) is 11.1. The number of epoxide rings is 1. The summed E-state index contributed by atoms with van der Waals surface area (Å²) in [6.07, 6.45) is -1.34. The number of aromatic hydroxyl groups is 2. The molecule has 3 aromatic carbocycles. The first-order chi connectivity index (χ1) is 13.8. The highest BCUT2D eigenvalue weighted by atomic mass is 16.7. The summed E-state index contributed by atoms with van der Waals surface area (Å²) >= 11 is 0. The Hall–Kier alpha value is -3.35. The Morgan fingerprint density at radius 3 is 1.83 bits per heavy atom. The van der Waals surface area contributed by atoms with E-state index in [0.29, 0.717) is 5.56 Å². The van der Waals surface area contributed by atoms with Gasteiger partial charge in [0.25, 0.3) is 0 Å². The fraction of sp³-hybridized carbons (Fsp3) is 0.174. The highest BCUT2D eigenvalue weighted by Crippen LogP contribution is 2.43. The van der Waals surface area contributed by atoms with Crippen LogP contribution in [-0.2, 0) is 4.74 Å². The molecule has 2 unspecified atom stereocenters. The minimum atomic E-state index is -1.18. The van der Waals surface area contributed by atoms with Crippen molar-refractivity contribution in [1.82, 2.24) is 0 Å². The number of aliphatic hydroxyl groups excluding tert-OH is 1. The van der Waals surface area contributed by atoms with Crippen molar-refractivity contribution in [3.05, 3.63) is 70.8 Å². The van der Waals surface area contributed by atoms with Crippen LogP contribution in [0.4, 0.5) is 0 Å². The molecular formula is C23H20O6. The van der Waals surface area contributed by atoms with Crippen LogP contribution in [0.15, 0.2) is 48.5 Å². The maximum absolute atomic E-state index is 11.1. The molecule has 0 saturated carbocycles. The molecule has 4 rings (SSSR count). The molecule has 1 aliphatic heterocycles. The Labute approximate surface area is 167 Å². The number of aryl methyl sites for hydroxylation is 2. The molecule has 0 radical (unpaired) electrons. The molecule has 2 atom stereocenters. The average molecular weight is 392 g/mol. The number of hydrogen-bond donors (Lipinski definition) is 4. The number of phenols is 2. The van der Waals surface area contributed by atoms with Gasteiger partial charge in [0, 0.05) is 5.56 Å². The molecule has 6 nitrogen and oxygen atoms in total. The predicted octanol–water partition coefficient (Wildman–Crippen LogP) is 4.14. The Kier molecular flexibility index (Phi) is 4.53. The maximum Gasteiger partial charge on any atom is 0.339 e. The first-order valence-electron chi connectivity index (χ1n) is 9.11. The quantitative estimate of drug-likeness (QED) is 0.497. The minimum Gasteiger partial charge on any atom is -0.508 e. The highest BCUT2D eigenvalue weighted by Gasteiger charge is 2.40. The molecule has 6 heteroatoms. The first-order valence-corrected chi connectivity index (χ1v) is 9.11. The molecule has 1 saturated heterocycles. The van der Waals surface area contributed by atoms with E-state index in [9.17, 15) is 20.1 Å². The number of hydrogen-bond acceptors (Lipinski definition) is 5. The number of aromatic carboxylic acids is 1. The lowest BCUT2D eigenvalue weighted by Gasteiger charge is -2.14. The van der Waals surface area contributed by atoms with Gasteiger partial charge >= 0.3 is 5.97 Å². The molecule has 0 aliphatic carbocycles. The van der Waals surface area contributed by atoms with Crippen LogP contribution in [0.2, 0.25) is 0 Å². The minimum absolute atomic E-state index is 0.0689. The maximum atomic E-state index is 11.1. The second kappa shape index (κ2) is 6.92. The molecule has 4 N–H and O–H groups in total. The van der Waals surface area contributed by atoms with Crippen molar-refractivity contribution in [2.75, 3.05) is 0 Å². The van der Waals surface area contributed by atoms with Crippen molar-refractivity contribution in [3.8, 4) is 33.8 Å². The number of rotatable bonds is 4. The topological polar surface area (TPSA) is 111 Å². The van der Waals surface area contributed by atoms with Gasteiger partial charge in [-0.15, -0.1) is 0 Å². The zero-order valence-corrected chi connectivity index (χ0v) is 15.9.